The summed E-state index contributed by atoms with van der Waals surface area (Å²) in [6.07, 6.45) is -1.34. The van der Waals surface area contributed by atoms with Crippen LogP contribution in [0.3, 0.4) is 0 Å². The molecule has 0 atom stereocenters. The van der Waals surface area contributed by atoms with Gasteiger partial charge >= 0.3 is 12.1 Å². The molecule has 0 aliphatic carbocycles. The highest BCUT2D eigenvalue weighted by Gasteiger charge is 2.38. The minimum absolute atomic E-state index is 0.910. The molecular formula is C31H28F3N5O2. The van der Waals surface area contributed by atoms with Crippen molar-refractivity contribution in [2.24, 2.45) is 0 Å². The highest BCUT2D eigenvalue weighted by atomic mass is 19.4. The number of benzene rings is 3. The molecule has 3 aromatic carbocycles. The fraction of sp³-hybridized carbons (Fsp3) is 0.194. The van der Waals surface area contributed by atoms with E-state index in [2.05, 4.69) is 86.5 Å². The molecule has 0 saturated carbocycles. The molecule has 0 unspecified atom stereocenters. The maximum absolute atomic E-state index is 10.6. The van der Waals surface area contributed by atoms with Crippen molar-refractivity contribution in [1.82, 2.24) is 19.9 Å². The van der Waals surface area contributed by atoms with Crippen LogP contribution in [0.2, 0.25) is 0 Å². The highest BCUT2D eigenvalue weighted by molar-refractivity contribution is 5.79. The zero-order valence-electron chi connectivity index (χ0n) is 22.1. The molecule has 210 valence electrons. The first-order valence-electron chi connectivity index (χ1n) is 13.1. The van der Waals surface area contributed by atoms with Crippen molar-refractivity contribution in [2.45, 2.75) is 12.7 Å². The molecule has 1 aliphatic rings. The number of hydrogen-bond donors (Lipinski definition) is 2. The number of anilines is 1. The molecule has 1 fully saturated rings. The predicted octanol–water partition coefficient (Wildman–Crippen LogP) is 6.25. The summed E-state index contributed by atoms with van der Waals surface area (Å²) in [5.41, 5.74) is 8.27. The van der Waals surface area contributed by atoms with Crippen LogP contribution < -0.4 is 4.90 Å². The number of nitrogens with zero attached hydrogens (tertiary/aromatic N) is 4. The van der Waals surface area contributed by atoms with E-state index in [1.807, 2.05) is 30.6 Å². The van der Waals surface area contributed by atoms with E-state index >= 15 is 0 Å². The number of aromatic nitrogens is 3. The van der Waals surface area contributed by atoms with Crippen molar-refractivity contribution in [1.29, 1.82) is 0 Å². The molecule has 0 amide bonds. The van der Waals surface area contributed by atoms with E-state index in [1.54, 1.807) is 0 Å². The predicted molar refractivity (Wildman–Crippen MR) is 152 cm³/mol. The lowest BCUT2D eigenvalue weighted by Gasteiger charge is -2.36. The first-order valence-corrected chi connectivity index (χ1v) is 13.1. The van der Waals surface area contributed by atoms with Gasteiger partial charge in [-0.1, -0.05) is 54.6 Å². The number of rotatable bonds is 5. The Morgan fingerprint density at radius 2 is 1.49 bits per heavy atom. The number of aromatic amines is 1. The number of carbonyl (C=O) groups is 1. The Balaban J connectivity index is 0.000000431. The Bertz CT molecular complexity index is 1560. The number of nitrogens with one attached hydrogen (secondary N) is 1. The molecule has 0 spiro atoms. The quantitative estimate of drug-likeness (QED) is 0.265. The Morgan fingerprint density at radius 1 is 0.829 bits per heavy atom. The van der Waals surface area contributed by atoms with Crippen LogP contribution in [0.1, 0.15) is 5.56 Å². The van der Waals surface area contributed by atoms with Gasteiger partial charge in [-0.3, -0.25) is 9.88 Å². The van der Waals surface area contributed by atoms with Crippen LogP contribution in [0.5, 0.6) is 0 Å². The summed E-state index contributed by atoms with van der Waals surface area (Å²) < 4.78 is 31.7. The maximum Gasteiger partial charge on any atom is 0.490 e. The summed E-state index contributed by atoms with van der Waals surface area (Å²) in [7, 11) is 0. The topological polar surface area (TPSA) is 85.3 Å². The Hall–Kier alpha value is -4.70. The van der Waals surface area contributed by atoms with E-state index in [-0.39, 0.29) is 0 Å². The second-order valence-corrected chi connectivity index (χ2v) is 9.65. The third kappa shape index (κ3) is 7.09. The number of carboxylic acids is 1. The molecular weight excluding hydrogens is 531 g/mol. The van der Waals surface area contributed by atoms with Crippen LogP contribution >= 0.6 is 0 Å². The van der Waals surface area contributed by atoms with E-state index in [9.17, 15) is 13.2 Å². The smallest absolute Gasteiger partial charge is 0.475 e. The summed E-state index contributed by atoms with van der Waals surface area (Å²) in [6.45, 7) is 5.21. The van der Waals surface area contributed by atoms with E-state index in [4.69, 9.17) is 14.9 Å². The van der Waals surface area contributed by atoms with Crippen LogP contribution in [-0.4, -0.2) is 63.3 Å². The third-order valence-electron chi connectivity index (χ3n) is 6.86. The van der Waals surface area contributed by atoms with Gasteiger partial charge in [0.15, 0.2) is 0 Å². The van der Waals surface area contributed by atoms with Crippen molar-refractivity contribution in [3.63, 3.8) is 0 Å². The Kier molecular flexibility index (Phi) is 8.30. The maximum atomic E-state index is 10.6. The molecule has 10 heteroatoms. The fourth-order valence-corrected chi connectivity index (χ4v) is 4.74. The number of alkyl halides is 3. The highest BCUT2D eigenvalue weighted by Crippen LogP contribution is 2.26. The van der Waals surface area contributed by atoms with Gasteiger partial charge in [-0.05, 0) is 47.0 Å². The van der Waals surface area contributed by atoms with Crippen LogP contribution in [0.15, 0.2) is 97.3 Å². The zero-order chi connectivity index (χ0) is 28.8. The molecule has 0 radical (unpaired) electrons. The van der Waals surface area contributed by atoms with E-state index in [0.717, 1.165) is 55.1 Å². The largest absolute Gasteiger partial charge is 0.490 e. The molecule has 6 rings (SSSR count). The van der Waals surface area contributed by atoms with Crippen LogP contribution in [0, 0.1) is 0 Å². The van der Waals surface area contributed by atoms with Gasteiger partial charge < -0.3 is 15.0 Å². The number of pyridine rings is 1. The summed E-state index contributed by atoms with van der Waals surface area (Å²) in [6, 6.07) is 29.9. The van der Waals surface area contributed by atoms with Crippen LogP contribution in [0.25, 0.3) is 33.5 Å². The number of piperazine rings is 1. The number of imidazole rings is 1. The van der Waals surface area contributed by atoms with Crippen LogP contribution in [-0.2, 0) is 11.3 Å². The van der Waals surface area contributed by atoms with Gasteiger partial charge in [-0.2, -0.15) is 13.2 Å². The number of fused-ring (bicyclic) bond motifs is 1. The molecule has 3 heterocycles. The molecule has 0 bridgehead atoms. The van der Waals surface area contributed by atoms with Gasteiger partial charge in [0, 0.05) is 56.4 Å². The molecule has 1 saturated heterocycles. The molecule has 5 aromatic rings. The van der Waals surface area contributed by atoms with Crippen LogP contribution in [0.4, 0.5) is 18.9 Å². The van der Waals surface area contributed by atoms with Crippen molar-refractivity contribution in [3.8, 4) is 22.5 Å². The third-order valence-corrected chi connectivity index (χ3v) is 6.86. The SMILES string of the molecule is O=C(O)C(F)(F)F.c1cc(CN2CCN(c3ccncc3)CC2)cc(-c2ccc(-c3nc4ccccc4[nH]3)cc2)c1. The minimum Gasteiger partial charge on any atom is -0.475 e. The molecule has 2 N–H and O–H groups in total. The van der Waals surface area contributed by atoms with E-state index in [1.165, 1.54) is 22.4 Å². The van der Waals surface area contributed by atoms with Gasteiger partial charge in [0.1, 0.15) is 5.82 Å². The monoisotopic (exact) mass is 559 g/mol. The summed E-state index contributed by atoms with van der Waals surface area (Å²) in [5, 5.41) is 7.12. The van der Waals surface area contributed by atoms with Gasteiger partial charge in [0.05, 0.1) is 11.0 Å². The zero-order valence-corrected chi connectivity index (χ0v) is 22.1. The lowest BCUT2D eigenvalue weighted by Crippen LogP contribution is -2.45. The number of carboxylic acid groups (broad SMARTS) is 1. The Labute approximate surface area is 234 Å². The van der Waals surface area contributed by atoms with Gasteiger partial charge in [0.25, 0.3) is 0 Å². The average Bonchev–Trinajstić information content (AvgIpc) is 3.43. The molecule has 7 nitrogen and oxygen atoms in total. The number of para-hydroxylation sites is 2. The number of hydrogen-bond acceptors (Lipinski definition) is 5. The minimum atomic E-state index is -5.08. The average molecular weight is 560 g/mol. The van der Waals surface area contributed by atoms with Gasteiger partial charge in [0.2, 0.25) is 0 Å². The second-order valence-electron chi connectivity index (χ2n) is 9.65. The first kappa shape index (κ1) is 27.9. The van der Waals surface area contributed by atoms with Crippen molar-refractivity contribution in [2.75, 3.05) is 31.1 Å². The molecule has 41 heavy (non-hydrogen) atoms. The molecule has 2 aromatic heterocycles. The number of aliphatic carboxylic acids is 1. The lowest BCUT2D eigenvalue weighted by atomic mass is 10.0. The molecule has 1 aliphatic heterocycles. The van der Waals surface area contributed by atoms with Crippen molar-refractivity contribution < 1.29 is 23.1 Å². The van der Waals surface area contributed by atoms with Crippen molar-refractivity contribution in [3.05, 3.63) is 103 Å². The summed E-state index contributed by atoms with van der Waals surface area (Å²) in [4.78, 5) is 26.2. The fourth-order valence-electron chi connectivity index (χ4n) is 4.74. The standard InChI is InChI=1S/C29H27N5.C2HF3O2/c1-2-7-28-27(6-1)31-29(32-28)24-10-8-23(9-11-24)25-5-3-4-22(20-25)21-33-16-18-34(19-17-33)26-12-14-30-15-13-26;3-2(4,5)1(6)7/h1-15,20H,16-19,21H2,(H,31,32);(H,6,7). The number of H-pyrrole nitrogens is 1. The van der Waals surface area contributed by atoms with Gasteiger partial charge in [-0.25, -0.2) is 9.78 Å². The summed E-state index contributed by atoms with van der Waals surface area (Å²) >= 11 is 0. The first-order chi connectivity index (χ1) is 19.8. The Morgan fingerprint density at radius 3 is 2.15 bits per heavy atom. The lowest BCUT2D eigenvalue weighted by molar-refractivity contribution is -0.192. The van der Waals surface area contributed by atoms with Gasteiger partial charge in [-0.15, -0.1) is 0 Å². The van der Waals surface area contributed by atoms with Crippen molar-refractivity contribution >= 4 is 22.7 Å². The van der Waals surface area contributed by atoms with E-state index in [0.29, 0.717) is 0 Å². The second kappa shape index (κ2) is 12.2. The number of halogens is 3. The summed E-state index contributed by atoms with van der Waals surface area (Å²) in [5.74, 6) is -1.85. The van der Waals surface area contributed by atoms with E-state index < -0.39 is 12.1 Å². The normalized spacial score (nSPS) is 14.0.